The van der Waals surface area contributed by atoms with Crippen molar-refractivity contribution in [2.24, 2.45) is 0 Å². The van der Waals surface area contributed by atoms with Gasteiger partial charge in [-0.05, 0) is 62.2 Å². The average Bonchev–Trinajstić information content (AvgIpc) is 3.03. The Bertz CT molecular complexity index is 870. The zero-order chi connectivity index (χ0) is 17.8. The van der Waals surface area contributed by atoms with Crippen molar-refractivity contribution in [2.45, 2.75) is 33.2 Å². The second-order valence-electron chi connectivity index (χ2n) is 6.31. The second-order valence-corrected chi connectivity index (χ2v) is 7.34. The van der Waals surface area contributed by atoms with Crippen LogP contribution in [0.15, 0.2) is 42.5 Å². The van der Waals surface area contributed by atoms with Crippen molar-refractivity contribution >= 4 is 33.1 Å². The van der Waals surface area contributed by atoms with Crippen LogP contribution in [0.25, 0.3) is 20.8 Å². The van der Waals surface area contributed by atoms with E-state index in [1.165, 1.54) is 10.3 Å². The van der Waals surface area contributed by atoms with Crippen LogP contribution < -0.4 is 10.6 Å². The summed E-state index contributed by atoms with van der Waals surface area (Å²) < 4.78 is 1.20. The number of anilines is 1. The number of nitrogens with one attached hydrogen (secondary N) is 2. The number of benzene rings is 2. The lowest BCUT2D eigenvalue weighted by molar-refractivity contribution is -0.115. The molecule has 0 saturated carbocycles. The van der Waals surface area contributed by atoms with Crippen LogP contribution in [0.3, 0.4) is 0 Å². The molecule has 1 heterocycles. The van der Waals surface area contributed by atoms with Gasteiger partial charge in [-0.2, -0.15) is 0 Å². The Morgan fingerprint density at radius 1 is 1.20 bits per heavy atom. The number of carbonyl (C=O) groups excluding carboxylic acids is 1. The van der Waals surface area contributed by atoms with Gasteiger partial charge in [0.15, 0.2) is 0 Å². The summed E-state index contributed by atoms with van der Waals surface area (Å²) in [6, 6.07) is 14.5. The Balaban J connectivity index is 1.68. The molecular weight excluding hydrogens is 330 g/mol. The monoisotopic (exact) mass is 353 g/mol. The van der Waals surface area contributed by atoms with Gasteiger partial charge in [0.05, 0.1) is 16.8 Å². The topological polar surface area (TPSA) is 54.0 Å². The molecule has 3 aromatic rings. The normalized spacial score (nSPS) is 12.3. The maximum Gasteiger partial charge on any atom is 0.238 e. The lowest BCUT2D eigenvalue weighted by Gasteiger charge is -2.11. The number of amides is 1. The molecule has 0 aliphatic carbocycles. The Hall–Kier alpha value is -2.24. The smallest absolute Gasteiger partial charge is 0.238 e. The Morgan fingerprint density at radius 2 is 1.96 bits per heavy atom. The first-order chi connectivity index (χ1) is 12.0. The van der Waals surface area contributed by atoms with Crippen molar-refractivity contribution < 1.29 is 4.79 Å². The Morgan fingerprint density at radius 3 is 2.68 bits per heavy atom. The molecule has 1 atom stereocenters. The third-order valence-corrected chi connectivity index (χ3v) is 5.25. The van der Waals surface area contributed by atoms with Gasteiger partial charge in [-0.25, -0.2) is 4.98 Å². The van der Waals surface area contributed by atoms with Gasteiger partial charge < -0.3 is 10.6 Å². The van der Waals surface area contributed by atoms with Gasteiger partial charge >= 0.3 is 0 Å². The van der Waals surface area contributed by atoms with Gasteiger partial charge in [0.25, 0.3) is 0 Å². The van der Waals surface area contributed by atoms with E-state index in [9.17, 15) is 4.79 Å². The van der Waals surface area contributed by atoms with E-state index in [0.717, 1.165) is 28.2 Å². The number of nitrogens with zero attached hydrogens (tertiary/aromatic N) is 1. The lowest BCUT2D eigenvalue weighted by Crippen LogP contribution is -2.33. The number of thiazole rings is 1. The Kier molecular flexibility index (Phi) is 5.46. The van der Waals surface area contributed by atoms with Gasteiger partial charge in [-0.3, -0.25) is 4.79 Å². The summed E-state index contributed by atoms with van der Waals surface area (Å²) >= 11 is 1.69. The van der Waals surface area contributed by atoms with Gasteiger partial charge in [-0.1, -0.05) is 13.0 Å². The van der Waals surface area contributed by atoms with Crippen LogP contribution in [0.4, 0.5) is 5.69 Å². The maximum absolute atomic E-state index is 12.0. The molecular formula is C20H23N3OS. The highest BCUT2D eigenvalue weighted by molar-refractivity contribution is 7.21. The minimum Gasteiger partial charge on any atom is -0.325 e. The first-order valence-electron chi connectivity index (χ1n) is 8.56. The zero-order valence-electron chi connectivity index (χ0n) is 14.8. The fraction of sp³-hybridized carbons (Fsp3) is 0.300. The highest BCUT2D eigenvalue weighted by Crippen LogP contribution is 2.31. The van der Waals surface area contributed by atoms with Gasteiger partial charge in [0.2, 0.25) is 5.91 Å². The molecule has 1 aromatic heterocycles. The molecule has 0 aliphatic rings. The van der Waals surface area contributed by atoms with Gasteiger partial charge in [0.1, 0.15) is 5.01 Å². The van der Waals surface area contributed by atoms with Crippen molar-refractivity contribution in [1.29, 1.82) is 0 Å². The predicted octanol–water partition coefficient (Wildman–Crippen LogP) is 4.60. The van der Waals surface area contributed by atoms with Gasteiger partial charge in [0, 0.05) is 17.3 Å². The average molecular weight is 353 g/mol. The van der Waals surface area contributed by atoms with E-state index in [4.69, 9.17) is 4.98 Å². The number of hydrogen-bond donors (Lipinski definition) is 2. The van der Waals surface area contributed by atoms with E-state index in [2.05, 4.69) is 49.6 Å². The minimum atomic E-state index is -0.0245. The summed E-state index contributed by atoms with van der Waals surface area (Å²) in [6.45, 7) is 6.58. The van der Waals surface area contributed by atoms with Crippen LogP contribution >= 0.6 is 11.3 Å². The number of aromatic nitrogens is 1. The van der Waals surface area contributed by atoms with Crippen LogP contribution in [0.5, 0.6) is 0 Å². The molecule has 4 nitrogen and oxygen atoms in total. The molecule has 0 spiro atoms. The molecule has 130 valence electrons. The standard InChI is InChI=1S/C20H23N3OS/c1-4-14(3)21-12-19(24)22-16-8-6-15(7-9-16)20-23-17-10-5-13(2)11-18(17)25-20/h5-11,14,21H,4,12H2,1-3H3,(H,22,24). The number of rotatable bonds is 6. The summed E-state index contributed by atoms with van der Waals surface area (Å²) in [6.07, 6.45) is 1.00. The first kappa shape index (κ1) is 17.6. The molecule has 0 saturated heterocycles. The number of fused-ring (bicyclic) bond motifs is 1. The summed E-state index contributed by atoms with van der Waals surface area (Å²) in [5.41, 5.74) is 4.14. The summed E-state index contributed by atoms with van der Waals surface area (Å²) in [5.74, 6) is -0.0245. The molecule has 0 fully saturated rings. The Labute approximate surface area is 152 Å². The first-order valence-corrected chi connectivity index (χ1v) is 9.37. The largest absolute Gasteiger partial charge is 0.325 e. The lowest BCUT2D eigenvalue weighted by atomic mass is 10.2. The summed E-state index contributed by atoms with van der Waals surface area (Å²) in [5, 5.41) is 7.10. The quantitative estimate of drug-likeness (QED) is 0.681. The maximum atomic E-state index is 12.0. The highest BCUT2D eigenvalue weighted by atomic mass is 32.1. The molecule has 1 amide bonds. The fourth-order valence-electron chi connectivity index (χ4n) is 2.47. The minimum absolute atomic E-state index is 0.0245. The van der Waals surface area contributed by atoms with Gasteiger partial charge in [-0.15, -0.1) is 11.3 Å². The number of aryl methyl sites for hydroxylation is 1. The highest BCUT2D eigenvalue weighted by Gasteiger charge is 2.08. The molecule has 25 heavy (non-hydrogen) atoms. The molecule has 1 unspecified atom stereocenters. The summed E-state index contributed by atoms with van der Waals surface area (Å²) in [4.78, 5) is 16.6. The van der Waals surface area contributed by atoms with Crippen LogP contribution in [0, 0.1) is 6.92 Å². The fourth-order valence-corrected chi connectivity index (χ4v) is 3.54. The van der Waals surface area contributed by atoms with Crippen LogP contribution in [0.2, 0.25) is 0 Å². The van der Waals surface area contributed by atoms with Crippen molar-refractivity contribution in [1.82, 2.24) is 10.3 Å². The molecule has 3 rings (SSSR count). The number of hydrogen-bond acceptors (Lipinski definition) is 4. The number of carbonyl (C=O) groups is 1. The third-order valence-electron chi connectivity index (χ3n) is 4.18. The summed E-state index contributed by atoms with van der Waals surface area (Å²) in [7, 11) is 0. The third kappa shape index (κ3) is 4.44. The van der Waals surface area contributed by atoms with Crippen molar-refractivity contribution in [2.75, 3.05) is 11.9 Å². The van der Waals surface area contributed by atoms with E-state index in [1.54, 1.807) is 11.3 Å². The van der Waals surface area contributed by atoms with Crippen LogP contribution in [-0.2, 0) is 4.79 Å². The molecule has 2 aromatic carbocycles. The SMILES string of the molecule is CCC(C)NCC(=O)Nc1ccc(-c2nc3ccc(C)cc3s2)cc1. The molecule has 5 heteroatoms. The molecule has 0 aliphatic heterocycles. The molecule has 0 radical (unpaired) electrons. The van der Waals surface area contributed by atoms with E-state index in [-0.39, 0.29) is 5.91 Å². The van der Waals surface area contributed by atoms with E-state index < -0.39 is 0 Å². The van der Waals surface area contributed by atoms with Crippen molar-refractivity contribution in [3.8, 4) is 10.6 Å². The molecule has 2 N–H and O–H groups in total. The van der Waals surface area contributed by atoms with E-state index in [1.807, 2.05) is 24.3 Å². The molecule has 0 bridgehead atoms. The van der Waals surface area contributed by atoms with Crippen LogP contribution in [0.1, 0.15) is 25.8 Å². The predicted molar refractivity (Wildman–Crippen MR) is 106 cm³/mol. The van der Waals surface area contributed by atoms with Crippen molar-refractivity contribution in [3.63, 3.8) is 0 Å². The van der Waals surface area contributed by atoms with Crippen LogP contribution in [-0.4, -0.2) is 23.5 Å². The second kappa shape index (κ2) is 7.76. The zero-order valence-corrected chi connectivity index (χ0v) is 15.6. The van der Waals surface area contributed by atoms with E-state index in [0.29, 0.717) is 12.6 Å². The van der Waals surface area contributed by atoms with E-state index >= 15 is 0 Å². The van der Waals surface area contributed by atoms with Crippen molar-refractivity contribution in [3.05, 3.63) is 48.0 Å².